The molecule has 13 heteroatoms. The highest BCUT2D eigenvalue weighted by Crippen LogP contribution is 2.45. The molecule has 0 aliphatic carbocycles. The first-order valence-electron chi connectivity index (χ1n) is 8.52. The van der Waals surface area contributed by atoms with Crippen LogP contribution in [0.3, 0.4) is 0 Å². The van der Waals surface area contributed by atoms with Gasteiger partial charge in [0.2, 0.25) is 5.95 Å². The van der Waals surface area contributed by atoms with E-state index in [2.05, 4.69) is 24.5 Å². The van der Waals surface area contributed by atoms with Gasteiger partial charge in [-0.3, -0.25) is 4.90 Å². The molecule has 0 radical (unpaired) electrons. The van der Waals surface area contributed by atoms with E-state index in [1.54, 1.807) is 4.90 Å². The Morgan fingerprint density at radius 2 is 1.97 bits per heavy atom. The lowest BCUT2D eigenvalue weighted by atomic mass is 9.88. The largest absolute Gasteiger partial charge is 0.586 e. The standard InChI is InChI=1S/C16H14F4N6O3/c1-14(17,18)15(27)5-25(6-15)4-9-22-12-7-2-3-8-11(29-16(19,20)28-8)10(7)23-13(21)26(12)24-9/h2-3,27H,4-6H2,1H3,(H2,21,23). The van der Waals surface area contributed by atoms with Crippen molar-refractivity contribution in [1.29, 1.82) is 0 Å². The molecular formula is C16H14F4N6O3. The molecule has 1 saturated heterocycles. The number of halogens is 4. The SMILES string of the molecule is CC(F)(F)C1(O)CN(Cc2nc3c4ccc5c(c4nc(N)n3n2)OC(F)(F)O5)C1. The van der Waals surface area contributed by atoms with Crippen molar-refractivity contribution < 1.29 is 32.1 Å². The number of alkyl halides is 4. The van der Waals surface area contributed by atoms with Gasteiger partial charge in [0.25, 0.3) is 5.92 Å². The molecule has 3 aromatic rings. The zero-order valence-electron chi connectivity index (χ0n) is 14.9. The summed E-state index contributed by atoms with van der Waals surface area (Å²) in [5, 5.41) is 14.4. The van der Waals surface area contributed by atoms with E-state index < -0.39 is 17.8 Å². The van der Waals surface area contributed by atoms with Gasteiger partial charge in [0, 0.05) is 25.4 Å². The Morgan fingerprint density at radius 1 is 1.24 bits per heavy atom. The number of nitrogens with zero attached hydrogens (tertiary/aromatic N) is 5. The molecule has 2 aliphatic heterocycles. The summed E-state index contributed by atoms with van der Waals surface area (Å²) in [6.45, 7) is 0.270. The number of β-amino-alcohol motifs (C(OH)–C–C–N with tert-alkyl or cyclic N) is 1. The Hall–Kier alpha value is -2.93. The van der Waals surface area contributed by atoms with Crippen molar-refractivity contribution in [3.63, 3.8) is 0 Å². The normalized spacial score (nSPS) is 20.3. The van der Waals surface area contributed by atoms with Crippen LogP contribution < -0.4 is 15.2 Å². The lowest BCUT2D eigenvalue weighted by Crippen LogP contribution is -2.69. The number of ether oxygens (including phenoxy) is 2. The molecule has 9 nitrogen and oxygen atoms in total. The fraction of sp³-hybridized carbons (Fsp3) is 0.438. The molecule has 0 bridgehead atoms. The lowest BCUT2D eigenvalue weighted by molar-refractivity contribution is -0.286. The number of fused-ring (bicyclic) bond motifs is 5. The average molecular weight is 414 g/mol. The third-order valence-corrected chi connectivity index (χ3v) is 5.03. The van der Waals surface area contributed by atoms with Gasteiger partial charge in [0.15, 0.2) is 28.6 Å². The second kappa shape index (κ2) is 5.36. The number of rotatable bonds is 3. The van der Waals surface area contributed by atoms with Crippen LogP contribution in [0.5, 0.6) is 11.5 Å². The number of aliphatic hydroxyl groups is 1. The van der Waals surface area contributed by atoms with Gasteiger partial charge in [-0.15, -0.1) is 13.9 Å². The Kier molecular flexibility index (Phi) is 3.35. The summed E-state index contributed by atoms with van der Waals surface area (Å²) < 4.78 is 63.8. The van der Waals surface area contributed by atoms with E-state index in [4.69, 9.17) is 5.73 Å². The highest BCUT2D eigenvalue weighted by Gasteiger charge is 2.56. The van der Waals surface area contributed by atoms with Crippen LogP contribution in [0.2, 0.25) is 0 Å². The molecule has 0 amide bonds. The van der Waals surface area contributed by atoms with E-state index in [1.807, 2.05) is 0 Å². The van der Waals surface area contributed by atoms with Crippen LogP contribution in [0, 0.1) is 0 Å². The Balaban J connectivity index is 1.50. The summed E-state index contributed by atoms with van der Waals surface area (Å²) in [5.41, 5.74) is 4.06. The smallest absolute Gasteiger partial charge is 0.395 e. The van der Waals surface area contributed by atoms with Crippen LogP contribution in [0.15, 0.2) is 12.1 Å². The minimum Gasteiger partial charge on any atom is -0.395 e. The predicted octanol–water partition coefficient (Wildman–Crippen LogP) is 1.38. The van der Waals surface area contributed by atoms with E-state index in [0.29, 0.717) is 12.3 Å². The van der Waals surface area contributed by atoms with Crippen molar-refractivity contribution in [1.82, 2.24) is 24.5 Å². The number of nitrogen functional groups attached to an aromatic ring is 1. The summed E-state index contributed by atoms with van der Waals surface area (Å²) >= 11 is 0. The predicted molar refractivity (Wildman–Crippen MR) is 89.8 cm³/mol. The van der Waals surface area contributed by atoms with E-state index in [9.17, 15) is 22.7 Å². The summed E-state index contributed by atoms with van der Waals surface area (Å²) in [5.74, 6) is -3.55. The molecule has 0 atom stereocenters. The summed E-state index contributed by atoms with van der Waals surface area (Å²) in [7, 11) is 0. The first kappa shape index (κ1) is 18.1. The van der Waals surface area contributed by atoms with Gasteiger partial charge in [-0.1, -0.05) is 0 Å². The Bertz CT molecular complexity index is 1160. The van der Waals surface area contributed by atoms with E-state index in [0.717, 1.165) is 0 Å². The monoisotopic (exact) mass is 414 g/mol. The minimum absolute atomic E-state index is 0.0348. The van der Waals surface area contributed by atoms with E-state index >= 15 is 0 Å². The molecule has 0 saturated carbocycles. The molecule has 29 heavy (non-hydrogen) atoms. The lowest BCUT2D eigenvalue weighted by Gasteiger charge is -2.48. The summed E-state index contributed by atoms with van der Waals surface area (Å²) in [6, 6.07) is 2.77. The zero-order valence-corrected chi connectivity index (χ0v) is 14.9. The van der Waals surface area contributed by atoms with Gasteiger partial charge in [0.1, 0.15) is 5.52 Å². The second-order valence-corrected chi connectivity index (χ2v) is 7.26. The number of benzene rings is 1. The first-order valence-corrected chi connectivity index (χ1v) is 8.52. The van der Waals surface area contributed by atoms with Crippen LogP contribution in [0.25, 0.3) is 16.6 Å². The number of anilines is 1. The molecule has 2 aromatic heterocycles. The van der Waals surface area contributed by atoms with Crippen molar-refractivity contribution in [2.75, 3.05) is 18.8 Å². The molecule has 0 spiro atoms. The third-order valence-electron chi connectivity index (χ3n) is 5.03. The van der Waals surface area contributed by atoms with E-state index in [1.165, 1.54) is 16.6 Å². The third kappa shape index (κ3) is 2.64. The van der Waals surface area contributed by atoms with Crippen LogP contribution in [0.1, 0.15) is 12.7 Å². The van der Waals surface area contributed by atoms with Crippen LogP contribution in [0.4, 0.5) is 23.5 Å². The van der Waals surface area contributed by atoms with Crippen molar-refractivity contribution >= 4 is 22.5 Å². The molecule has 1 fully saturated rings. The topological polar surface area (TPSA) is 111 Å². The highest BCUT2D eigenvalue weighted by atomic mass is 19.3. The van der Waals surface area contributed by atoms with Crippen LogP contribution in [-0.2, 0) is 6.54 Å². The molecule has 4 heterocycles. The van der Waals surface area contributed by atoms with Gasteiger partial charge in [0.05, 0.1) is 6.54 Å². The van der Waals surface area contributed by atoms with Gasteiger partial charge in [-0.05, 0) is 12.1 Å². The molecule has 154 valence electrons. The molecule has 1 aromatic carbocycles. The van der Waals surface area contributed by atoms with Crippen molar-refractivity contribution in [2.45, 2.75) is 31.3 Å². The summed E-state index contributed by atoms with van der Waals surface area (Å²) in [4.78, 5) is 9.95. The maximum absolute atomic E-state index is 13.4. The Morgan fingerprint density at radius 3 is 2.66 bits per heavy atom. The molecule has 2 aliphatic rings. The number of hydrogen-bond donors (Lipinski definition) is 2. The summed E-state index contributed by atoms with van der Waals surface area (Å²) in [6.07, 6.45) is -3.81. The average Bonchev–Trinajstić information content (AvgIpc) is 3.12. The molecule has 0 unspecified atom stereocenters. The maximum Gasteiger partial charge on any atom is 0.586 e. The zero-order chi connectivity index (χ0) is 20.8. The van der Waals surface area contributed by atoms with Crippen molar-refractivity contribution in [3.8, 4) is 11.5 Å². The molecule has 3 N–H and O–H groups in total. The van der Waals surface area contributed by atoms with Crippen LogP contribution in [-0.4, -0.2) is 60.5 Å². The minimum atomic E-state index is -3.81. The van der Waals surface area contributed by atoms with Gasteiger partial charge < -0.3 is 20.3 Å². The molecular weight excluding hydrogens is 400 g/mol. The second-order valence-electron chi connectivity index (χ2n) is 7.26. The van der Waals surface area contributed by atoms with Gasteiger partial charge in [-0.25, -0.2) is 18.7 Å². The van der Waals surface area contributed by atoms with Crippen molar-refractivity contribution in [2.24, 2.45) is 0 Å². The van der Waals surface area contributed by atoms with Crippen LogP contribution >= 0.6 is 0 Å². The highest BCUT2D eigenvalue weighted by molar-refractivity contribution is 5.97. The number of aromatic nitrogens is 4. The fourth-order valence-electron chi connectivity index (χ4n) is 3.49. The fourth-order valence-corrected chi connectivity index (χ4v) is 3.49. The molecule has 5 rings (SSSR count). The first-order chi connectivity index (χ1) is 13.5. The number of hydrogen-bond acceptors (Lipinski definition) is 8. The van der Waals surface area contributed by atoms with Crippen molar-refractivity contribution in [3.05, 3.63) is 18.0 Å². The Labute approximate surface area is 159 Å². The quantitative estimate of drug-likeness (QED) is 0.619. The van der Waals surface area contributed by atoms with Gasteiger partial charge in [-0.2, -0.15) is 4.52 Å². The maximum atomic E-state index is 13.4. The van der Waals surface area contributed by atoms with Gasteiger partial charge >= 0.3 is 6.29 Å². The van der Waals surface area contributed by atoms with E-state index in [-0.39, 0.29) is 54.1 Å². The number of nitrogens with two attached hydrogens (primary N) is 1. The number of likely N-dealkylation sites (tertiary alicyclic amines) is 1.